The van der Waals surface area contributed by atoms with Crippen LogP contribution in [0.4, 0.5) is 0 Å². The minimum absolute atomic E-state index is 0.0358. The number of nitrogens with zero attached hydrogens (tertiary/aromatic N) is 1. The second kappa shape index (κ2) is 7.49. The Morgan fingerprint density at radius 3 is 1.93 bits per heavy atom. The summed E-state index contributed by atoms with van der Waals surface area (Å²) in [6.07, 6.45) is 0.0501. The van der Waals surface area contributed by atoms with E-state index < -0.39 is 0 Å². The van der Waals surface area contributed by atoms with Crippen LogP contribution in [0, 0.1) is 5.92 Å². The summed E-state index contributed by atoms with van der Waals surface area (Å²) >= 11 is 6.11. The molecule has 0 aliphatic carbocycles. The van der Waals surface area contributed by atoms with Gasteiger partial charge >= 0.3 is 0 Å². The SMILES string of the molecule is CCN(CC)C(OCC(C)C)C(C)Cl. The van der Waals surface area contributed by atoms with Crippen molar-refractivity contribution < 1.29 is 4.74 Å². The van der Waals surface area contributed by atoms with Gasteiger partial charge in [-0.3, -0.25) is 4.90 Å². The van der Waals surface area contributed by atoms with Crippen LogP contribution in [0.2, 0.25) is 0 Å². The van der Waals surface area contributed by atoms with Gasteiger partial charge in [-0.2, -0.15) is 0 Å². The number of hydrogen-bond acceptors (Lipinski definition) is 2. The van der Waals surface area contributed by atoms with E-state index in [2.05, 4.69) is 32.6 Å². The number of ether oxygens (including phenoxy) is 1. The summed E-state index contributed by atoms with van der Waals surface area (Å²) in [5.41, 5.74) is 0. The van der Waals surface area contributed by atoms with Crippen molar-refractivity contribution in [2.24, 2.45) is 5.92 Å². The predicted octanol–water partition coefficient (Wildman–Crippen LogP) is 2.95. The van der Waals surface area contributed by atoms with Crippen LogP contribution < -0.4 is 0 Å². The normalized spacial score (nSPS) is 16.3. The van der Waals surface area contributed by atoms with Gasteiger partial charge in [0.15, 0.2) is 0 Å². The topological polar surface area (TPSA) is 12.5 Å². The first-order valence-corrected chi connectivity index (χ1v) is 5.96. The summed E-state index contributed by atoms with van der Waals surface area (Å²) in [5, 5.41) is 0.0358. The summed E-state index contributed by atoms with van der Waals surface area (Å²) in [6, 6.07) is 0. The molecule has 0 aromatic rings. The highest BCUT2D eigenvalue weighted by molar-refractivity contribution is 6.20. The van der Waals surface area contributed by atoms with Crippen LogP contribution in [-0.4, -0.2) is 36.2 Å². The maximum atomic E-state index is 6.11. The smallest absolute Gasteiger partial charge is 0.126 e. The van der Waals surface area contributed by atoms with Crippen LogP contribution in [-0.2, 0) is 4.74 Å². The van der Waals surface area contributed by atoms with Crippen molar-refractivity contribution in [3.8, 4) is 0 Å². The van der Waals surface area contributed by atoms with E-state index in [9.17, 15) is 0 Å². The zero-order valence-corrected chi connectivity index (χ0v) is 10.8. The van der Waals surface area contributed by atoms with Crippen molar-refractivity contribution >= 4 is 11.6 Å². The highest BCUT2D eigenvalue weighted by atomic mass is 35.5. The van der Waals surface area contributed by atoms with Gasteiger partial charge in [-0.15, -0.1) is 11.6 Å². The lowest BCUT2D eigenvalue weighted by molar-refractivity contribution is -0.0638. The summed E-state index contributed by atoms with van der Waals surface area (Å²) in [5.74, 6) is 0.559. The highest BCUT2D eigenvalue weighted by Crippen LogP contribution is 2.13. The Morgan fingerprint density at radius 1 is 1.14 bits per heavy atom. The maximum absolute atomic E-state index is 6.11. The van der Waals surface area contributed by atoms with Crippen molar-refractivity contribution in [1.82, 2.24) is 4.90 Å². The molecule has 14 heavy (non-hydrogen) atoms. The van der Waals surface area contributed by atoms with Gasteiger partial charge in [0, 0.05) is 0 Å². The molecule has 0 aromatic heterocycles. The molecule has 0 aromatic carbocycles. The minimum Gasteiger partial charge on any atom is -0.361 e. The Hall–Kier alpha value is 0.210. The summed E-state index contributed by atoms with van der Waals surface area (Å²) in [6.45, 7) is 13.3. The van der Waals surface area contributed by atoms with Gasteiger partial charge in [0.05, 0.1) is 12.0 Å². The first kappa shape index (κ1) is 14.2. The first-order chi connectivity index (χ1) is 6.52. The number of hydrogen-bond donors (Lipinski definition) is 0. The molecule has 3 heteroatoms. The molecule has 0 aliphatic heterocycles. The molecule has 0 aliphatic rings. The fraction of sp³-hybridized carbons (Fsp3) is 1.00. The van der Waals surface area contributed by atoms with E-state index in [-0.39, 0.29) is 11.6 Å². The second-order valence-corrected chi connectivity index (χ2v) is 4.70. The number of rotatable bonds is 7. The van der Waals surface area contributed by atoms with E-state index in [1.165, 1.54) is 0 Å². The Labute approximate surface area is 93.6 Å². The average Bonchev–Trinajstić information content (AvgIpc) is 2.11. The lowest BCUT2D eigenvalue weighted by Crippen LogP contribution is -2.42. The van der Waals surface area contributed by atoms with E-state index >= 15 is 0 Å². The third-order valence-corrected chi connectivity index (χ3v) is 2.38. The van der Waals surface area contributed by atoms with Gasteiger partial charge in [-0.1, -0.05) is 27.7 Å². The van der Waals surface area contributed by atoms with Gasteiger partial charge in [0.2, 0.25) is 0 Å². The highest BCUT2D eigenvalue weighted by Gasteiger charge is 2.21. The Morgan fingerprint density at radius 2 is 1.64 bits per heavy atom. The van der Waals surface area contributed by atoms with Crippen LogP contribution in [0.25, 0.3) is 0 Å². The van der Waals surface area contributed by atoms with E-state index in [4.69, 9.17) is 16.3 Å². The lowest BCUT2D eigenvalue weighted by Gasteiger charge is -2.31. The molecule has 0 bridgehead atoms. The van der Waals surface area contributed by atoms with Crippen LogP contribution in [0.3, 0.4) is 0 Å². The summed E-state index contributed by atoms with van der Waals surface area (Å²) in [7, 11) is 0. The quantitative estimate of drug-likeness (QED) is 0.484. The molecule has 0 heterocycles. The van der Waals surface area contributed by atoms with Crippen molar-refractivity contribution in [2.75, 3.05) is 19.7 Å². The van der Waals surface area contributed by atoms with E-state index in [1.54, 1.807) is 0 Å². The van der Waals surface area contributed by atoms with Crippen LogP contribution in [0.1, 0.15) is 34.6 Å². The molecule has 0 N–H and O–H groups in total. The molecule has 2 unspecified atom stereocenters. The van der Waals surface area contributed by atoms with Gasteiger partial charge in [-0.05, 0) is 25.9 Å². The van der Waals surface area contributed by atoms with Crippen molar-refractivity contribution in [1.29, 1.82) is 0 Å². The van der Waals surface area contributed by atoms with Crippen molar-refractivity contribution in [3.63, 3.8) is 0 Å². The fourth-order valence-electron chi connectivity index (χ4n) is 1.40. The fourth-order valence-corrected chi connectivity index (χ4v) is 1.64. The predicted molar refractivity (Wildman–Crippen MR) is 62.8 cm³/mol. The van der Waals surface area contributed by atoms with Crippen LogP contribution in [0.15, 0.2) is 0 Å². The van der Waals surface area contributed by atoms with Gasteiger partial charge in [-0.25, -0.2) is 0 Å². The first-order valence-electron chi connectivity index (χ1n) is 5.52. The van der Waals surface area contributed by atoms with Crippen molar-refractivity contribution in [2.45, 2.75) is 46.2 Å². The maximum Gasteiger partial charge on any atom is 0.126 e. The monoisotopic (exact) mass is 221 g/mol. The summed E-state index contributed by atoms with van der Waals surface area (Å²) < 4.78 is 5.80. The molecular weight excluding hydrogens is 198 g/mol. The lowest BCUT2D eigenvalue weighted by atomic mass is 10.2. The van der Waals surface area contributed by atoms with Crippen molar-refractivity contribution in [3.05, 3.63) is 0 Å². The number of halogens is 1. The molecule has 0 saturated carbocycles. The third-order valence-electron chi connectivity index (χ3n) is 2.17. The Kier molecular flexibility index (Phi) is 7.61. The third kappa shape index (κ3) is 5.18. The van der Waals surface area contributed by atoms with E-state index in [1.807, 2.05) is 6.92 Å². The molecule has 0 amide bonds. The Bertz CT molecular complexity index is 135. The second-order valence-electron chi connectivity index (χ2n) is 4.02. The van der Waals surface area contributed by atoms with Crippen LogP contribution >= 0.6 is 11.6 Å². The standard InChI is InChI=1S/C11H24ClNO/c1-6-13(7-2)11(10(5)12)14-8-9(3)4/h9-11H,6-8H2,1-5H3. The minimum atomic E-state index is 0.0358. The molecule has 2 atom stereocenters. The molecule has 2 nitrogen and oxygen atoms in total. The molecule has 0 radical (unpaired) electrons. The zero-order chi connectivity index (χ0) is 11.1. The largest absolute Gasteiger partial charge is 0.361 e. The zero-order valence-electron chi connectivity index (χ0n) is 10.1. The molecule has 0 saturated heterocycles. The van der Waals surface area contributed by atoms with Gasteiger partial charge in [0.1, 0.15) is 6.23 Å². The molecule has 0 rings (SSSR count). The summed E-state index contributed by atoms with van der Waals surface area (Å²) in [4.78, 5) is 2.25. The molecule has 0 fully saturated rings. The molecular formula is C11H24ClNO. The molecule has 0 spiro atoms. The van der Waals surface area contributed by atoms with Gasteiger partial charge in [0.25, 0.3) is 0 Å². The van der Waals surface area contributed by atoms with Crippen LogP contribution in [0.5, 0.6) is 0 Å². The number of alkyl halides is 1. The van der Waals surface area contributed by atoms with E-state index in [0.717, 1.165) is 19.7 Å². The van der Waals surface area contributed by atoms with Gasteiger partial charge < -0.3 is 4.74 Å². The van der Waals surface area contributed by atoms with E-state index in [0.29, 0.717) is 5.92 Å². The Balaban J connectivity index is 4.13. The average molecular weight is 222 g/mol. The molecule has 86 valence electrons.